The van der Waals surface area contributed by atoms with Crippen LogP contribution in [0, 0.1) is 20.8 Å². The number of hydrogen-bond acceptors (Lipinski definition) is 0. The van der Waals surface area contributed by atoms with Crippen LogP contribution in [0.1, 0.15) is 23.1 Å². The fourth-order valence-corrected chi connectivity index (χ4v) is 9.16. The molecule has 0 aliphatic carbocycles. The molecule has 1 fully saturated rings. The van der Waals surface area contributed by atoms with E-state index in [9.17, 15) is 0 Å². The summed E-state index contributed by atoms with van der Waals surface area (Å²) in [6.45, 7) is 6.89. The summed E-state index contributed by atoms with van der Waals surface area (Å²) >= 11 is 0. The predicted octanol–water partition coefficient (Wildman–Crippen LogP) is 3.58. The largest absolute Gasteiger partial charge is 0.119 e. The normalized spacial score (nSPS) is 17.0. The standard InChI is InChI=1S/C18H22Si/c1-14-8-4-5-11-17(14)19(12-7-13-19)18-15(2)9-6-10-16(18)3/h4-6,8-11H,7,12-13H2,1-3H3. The van der Waals surface area contributed by atoms with Gasteiger partial charge < -0.3 is 0 Å². The van der Waals surface area contributed by atoms with Gasteiger partial charge in [0.05, 0.1) is 0 Å². The highest BCUT2D eigenvalue weighted by molar-refractivity contribution is 7.04. The molecule has 2 aromatic rings. The maximum atomic E-state index is 2.40. The summed E-state index contributed by atoms with van der Waals surface area (Å²) in [5, 5.41) is 3.40. The summed E-state index contributed by atoms with van der Waals surface area (Å²) in [6.07, 6.45) is 1.41. The Morgan fingerprint density at radius 2 is 1.32 bits per heavy atom. The Morgan fingerprint density at radius 3 is 1.84 bits per heavy atom. The van der Waals surface area contributed by atoms with Crippen molar-refractivity contribution < 1.29 is 0 Å². The van der Waals surface area contributed by atoms with Crippen molar-refractivity contribution in [3.63, 3.8) is 0 Å². The third-order valence-electron chi connectivity index (χ3n) is 4.83. The molecule has 0 amide bonds. The molecular weight excluding hydrogens is 244 g/mol. The van der Waals surface area contributed by atoms with E-state index in [1.807, 2.05) is 0 Å². The fourth-order valence-electron chi connectivity index (χ4n) is 3.86. The fraction of sp³-hybridized carbons (Fsp3) is 0.333. The molecular formula is C18H22Si. The summed E-state index contributed by atoms with van der Waals surface area (Å²) < 4.78 is 0. The Hall–Kier alpha value is -1.34. The molecule has 98 valence electrons. The van der Waals surface area contributed by atoms with Gasteiger partial charge >= 0.3 is 0 Å². The Bertz CT molecular complexity index is 589. The van der Waals surface area contributed by atoms with Crippen LogP contribution in [-0.4, -0.2) is 8.07 Å². The summed E-state index contributed by atoms with van der Waals surface area (Å²) in [5.74, 6) is 0. The van der Waals surface area contributed by atoms with Crippen molar-refractivity contribution in [2.45, 2.75) is 39.3 Å². The molecule has 0 bridgehead atoms. The maximum absolute atomic E-state index is 2.40. The molecule has 1 aliphatic heterocycles. The first kappa shape index (κ1) is 12.7. The SMILES string of the molecule is Cc1ccccc1[Si]1(c2c(C)cccc2C)CCC1. The van der Waals surface area contributed by atoms with E-state index in [4.69, 9.17) is 0 Å². The zero-order valence-electron chi connectivity index (χ0n) is 12.2. The van der Waals surface area contributed by atoms with Gasteiger partial charge in [-0.2, -0.15) is 0 Å². The van der Waals surface area contributed by atoms with Crippen LogP contribution in [0.25, 0.3) is 0 Å². The van der Waals surface area contributed by atoms with Gasteiger partial charge in [-0.05, 0) is 38.0 Å². The molecule has 2 aromatic carbocycles. The van der Waals surface area contributed by atoms with E-state index in [1.165, 1.54) is 35.2 Å². The van der Waals surface area contributed by atoms with Gasteiger partial charge in [0.25, 0.3) is 0 Å². The van der Waals surface area contributed by atoms with Crippen LogP contribution in [0.15, 0.2) is 42.5 Å². The van der Waals surface area contributed by atoms with Crippen molar-refractivity contribution in [2.75, 3.05) is 0 Å². The van der Waals surface area contributed by atoms with Gasteiger partial charge in [0.2, 0.25) is 0 Å². The van der Waals surface area contributed by atoms with Crippen molar-refractivity contribution in [2.24, 2.45) is 0 Å². The lowest BCUT2D eigenvalue weighted by Crippen LogP contribution is -2.64. The molecule has 1 saturated heterocycles. The molecule has 1 aliphatic rings. The Balaban J connectivity index is 2.23. The van der Waals surface area contributed by atoms with E-state index in [0.29, 0.717) is 0 Å². The van der Waals surface area contributed by atoms with Crippen LogP contribution >= 0.6 is 0 Å². The average Bonchev–Trinajstić information content (AvgIpc) is 2.33. The number of hydrogen-bond donors (Lipinski definition) is 0. The lowest BCUT2D eigenvalue weighted by molar-refractivity contribution is 0.924. The molecule has 3 rings (SSSR count). The molecule has 19 heavy (non-hydrogen) atoms. The molecule has 0 saturated carbocycles. The van der Waals surface area contributed by atoms with Crippen molar-refractivity contribution in [1.82, 2.24) is 0 Å². The Kier molecular flexibility index (Phi) is 3.10. The van der Waals surface area contributed by atoms with E-state index in [2.05, 4.69) is 63.2 Å². The minimum Gasteiger partial charge on any atom is -0.0623 e. The van der Waals surface area contributed by atoms with Crippen molar-refractivity contribution in [1.29, 1.82) is 0 Å². The lowest BCUT2D eigenvalue weighted by Gasteiger charge is -2.43. The quantitative estimate of drug-likeness (QED) is 0.729. The highest BCUT2D eigenvalue weighted by Gasteiger charge is 2.45. The second kappa shape index (κ2) is 4.64. The van der Waals surface area contributed by atoms with Crippen LogP contribution < -0.4 is 10.4 Å². The molecule has 0 nitrogen and oxygen atoms in total. The van der Waals surface area contributed by atoms with Crippen LogP contribution in [0.3, 0.4) is 0 Å². The molecule has 0 aromatic heterocycles. The van der Waals surface area contributed by atoms with Crippen molar-refractivity contribution in [3.8, 4) is 0 Å². The zero-order chi connectivity index (χ0) is 13.5. The summed E-state index contributed by atoms with van der Waals surface area (Å²) in [6, 6.07) is 18.7. The van der Waals surface area contributed by atoms with Gasteiger partial charge in [-0.3, -0.25) is 0 Å². The maximum Gasteiger partial charge on any atom is 0.119 e. The first-order valence-electron chi connectivity index (χ1n) is 7.28. The lowest BCUT2D eigenvalue weighted by atomic mass is 10.1. The minimum absolute atomic E-state index is 1.41. The van der Waals surface area contributed by atoms with Crippen molar-refractivity contribution >= 4 is 18.4 Å². The number of rotatable bonds is 2. The van der Waals surface area contributed by atoms with Crippen LogP contribution in [0.2, 0.25) is 12.1 Å². The number of benzene rings is 2. The zero-order valence-corrected chi connectivity index (χ0v) is 13.2. The van der Waals surface area contributed by atoms with E-state index < -0.39 is 8.07 Å². The second-order valence-electron chi connectivity index (χ2n) is 6.02. The number of aryl methyl sites for hydroxylation is 3. The van der Waals surface area contributed by atoms with Crippen LogP contribution in [0.4, 0.5) is 0 Å². The van der Waals surface area contributed by atoms with E-state index in [0.717, 1.165) is 0 Å². The molecule has 1 heteroatoms. The molecule has 0 radical (unpaired) electrons. The third kappa shape index (κ3) is 1.88. The highest BCUT2D eigenvalue weighted by Crippen LogP contribution is 2.34. The van der Waals surface area contributed by atoms with Gasteiger partial charge in [-0.25, -0.2) is 0 Å². The van der Waals surface area contributed by atoms with E-state index in [1.54, 1.807) is 10.4 Å². The Morgan fingerprint density at radius 1 is 0.737 bits per heavy atom. The average molecular weight is 266 g/mol. The first-order valence-corrected chi connectivity index (χ1v) is 9.69. The van der Waals surface area contributed by atoms with E-state index >= 15 is 0 Å². The second-order valence-corrected chi connectivity index (χ2v) is 10.2. The van der Waals surface area contributed by atoms with Crippen LogP contribution in [0.5, 0.6) is 0 Å². The summed E-state index contributed by atoms with van der Waals surface area (Å²) in [4.78, 5) is 0. The van der Waals surface area contributed by atoms with Gasteiger partial charge in [-0.15, -0.1) is 0 Å². The molecule has 0 atom stereocenters. The minimum atomic E-state index is -1.43. The van der Waals surface area contributed by atoms with Gasteiger partial charge in [0.1, 0.15) is 8.07 Å². The predicted molar refractivity (Wildman–Crippen MR) is 86.3 cm³/mol. The third-order valence-corrected chi connectivity index (χ3v) is 10.6. The molecule has 0 N–H and O–H groups in total. The summed E-state index contributed by atoms with van der Waals surface area (Å²) in [5.41, 5.74) is 4.51. The molecule has 0 spiro atoms. The molecule has 1 heterocycles. The molecule has 0 unspecified atom stereocenters. The monoisotopic (exact) mass is 266 g/mol. The van der Waals surface area contributed by atoms with E-state index in [-0.39, 0.29) is 0 Å². The summed E-state index contributed by atoms with van der Waals surface area (Å²) in [7, 11) is -1.43. The topological polar surface area (TPSA) is 0 Å². The van der Waals surface area contributed by atoms with Gasteiger partial charge in [0, 0.05) is 0 Å². The smallest absolute Gasteiger partial charge is 0.0623 e. The highest BCUT2D eigenvalue weighted by atomic mass is 28.3. The van der Waals surface area contributed by atoms with Crippen LogP contribution in [-0.2, 0) is 0 Å². The van der Waals surface area contributed by atoms with Gasteiger partial charge in [0.15, 0.2) is 0 Å². The Labute approximate surface area is 117 Å². The first-order chi connectivity index (χ1) is 9.15. The van der Waals surface area contributed by atoms with Gasteiger partial charge in [-0.1, -0.05) is 70.8 Å². The van der Waals surface area contributed by atoms with Crippen molar-refractivity contribution in [3.05, 3.63) is 59.2 Å².